The molecule has 0 aliphatic heterocycles. The Morgan fingerprint density at radius 2 is 1.83 bits per heavy atom. The normalized spacial score (nSPS) is 41.2. The van der Waals surface area contributed by atoms with Gasteiger partial charge in [0.25, 0.3) is 0 Å². The largest absolute Gasteiger partial charge is 0.299 e. The number of hydrogen-bond donors (Lipinski definition) is 0. The van der Waals surface area contributed by atoms with E-state index in [9.17, 15) is 9.59 Å². The van der Waals surface area contributed by atoms with E-state index in [0.29, 0.717) is 23.9 Å². The first-order valence-corrected chi connectivity index (χ1v) is 13.1. The highest BCUT2D eigenvalue weighted by atomic mass is 28.3. The summed E-state index contributed by atoms with van der Waals surface area (Å²) in [5.74, 6) is 1.36. The fourth-order valence-corrected chi connectivity index (χ4v) is 8.68. The minimum Gasteiger partial charge on any atom is -0.299 e. The lowest BCUT2D eigenvalue weighted by Gasteiger charge is -2.59. The molecular weight excluding hydrogens is 300 g/mol. The molecule has 0 aromatic heterocycles. The van der Waals surface area contributed by atoms with Crippen LogP contribution in [0.5, 0.6) is 0 Å². The predicted molar refractivity (Wildman–Crippen MR) is 97.1 cm³/mol. The van der Waals surface area contributed by atoms with Crippen molar-refractivity contribution in [3.8, 4) is 0 Å². The minimum atomic E-state index is -1.22. The van der Waals surface area contributed by atoms with Crippen LogP contribution in [-0.2, 0) is 9.59 Å². The molecule has 0 bridgehead atoms. The van der Waals surface area contributed by atoms with E-state index in [2.05, 4.69) is 33.5 Å². The van der Waals surface area contributed by atoms with Crippen molar-refractivity contribution >= 4 is 19.6 Å². The van der Waals surface area contributed by atoms with E-state index in [-0.39, 0.29) is 16.7 Å². The van der Waals surface area contributed by atoms with Gasteiger partial charge in [-0.15, -0.1) is 0 Å². The van der Waals surface area contributed by atoms with Gasteiger partial charge in [0.1, 0.15) is 5.78 Å². The van der Waals surface area contributed by atoms with Crippen molar-refractivity contribution in [3.05, 3.63) is 11.6 Å². The second-order valence-electron chi connectivity index (χ2n) is 9.86. The van der Waals surface area contributed by atoms with E-state index in [1.807, 2.05) is 6.08 Å². The lowest BCUT2D eigenvalue weighted by Crippen LogP contribution is -2.52. The molecule has 128 valence electrons. The van der Waals surface area contributed by atoms with E-state index < -0.39 is 8.07 Å². The Bertz CT molecular complexity index is 571. The fourth-order valence-electron chi connectivity index (χ4n) is 6.11. The zero-order valence-corrected chi connectivity index (χ0v) is 16.5. The zero-order valence-electron chi connectivity index (χ0n) is 15.5. The summed E-state index contributed by atoms with van der Waals surface area (Å²) in [5.41, 5.74) is 1.77. The molecule has 2 nitrogen and oxygen atoms in total. The Morgan fingerprint density at radius 1 is 1.13 bits per heavy atom. The molecule has 0 unspecified atom stereocenters. The molecule has 3 aliphatic carbocycles. The van der Waals surface area contributed by atoms with Gasteiger partial charge in [-0.1, -0.05) is 39.1 Å². The fraction of sp³-hybridized carbons (Fsp3) is 0.800. The molecule has 0 spiro atoms. The molecule has 2 saturated carbocycles. The molecule has 3 heteroatoms. The van der Waals surface area contributed by atoms with Gasteiger partial charge in [0, 0.05) is 26.8 Å². The lowest BCUT2D eigenvalue weighted by atomic mass is 9.47. The number of rotatable bonds is 2. The van der Waals surface area contributed by atoms with Gasteiger partial charge >= 0.3 is 0 Å². The van der Waals surface area contributed by atoms with Crippen molar-refractivity contribution in [2.24, 2.45) is 22.7 Å². The average molecular weight is 333 g/mol. The first-order chi connectivity index (χ1) is 10.6. The predicted octanol–water partition coefficient (Wildman–Crippen LogP) is 5.02. The van der Waals surface area contributed by atoms with E-state index in [1.165, 1.54) is 24.5 Å². The van der Waals surface area contributed by atoms with Crippen molar-refractivity contribution in [1.82, 2.24) is 0 Å². The number of ketones is 2. The summed E-state index contributed by atoms with van der Waals surface area (Å²) in [7, 11) is -1.22. The van der Waals surface area contributed by atoms with Crippen LogP contribution in [0.2, 0.25) is 25.7 Å². The number of hydrogen-bond acceptors (Lipinski definition) is 2. The van der Waals surface area contributed by atoms with Gasteiger partial charge in [-0.3, -0.25) is 9.59 Å². The topological polar surface area (TPSA) is 34.1 Å². The SMILES string of the molecule is C[C@H]1C(=O)CC[C@]2(C)C3=CC(=O)CC[C@]3(C[Si](C)(C)C)CC[C@@H]12. The summed E-state index contributed by atoms with van der Waals surface area (Å²) < 4.78 is 0. The maximum absolute atomic E-state index is 12.3. The average Bonchev–Trinajstić information content (AvgIpc) is 2.43. The van der Waals surface area contributed by atoms with E-state index in [4.69, 9.17) is 0 Å². The van der Waals surface area contributed by atoms with Crippen LogP contribution in [0, 0.1) is 22.7 Å². The first-order valence-electron chi connectivity index (χ1n) is 9.36. The second kappa shape index (κ2) is 5.40. The van der Waals surface area contributed by atoms with Crippen molar-refractivity contribution in [2.75, 3.05) is 0 Å². The quantitative estimate of drug-likeness (QED) is 0.666. The summed E-state index contributed by atoms with van der Waals surface area (Å²) >= 11 is 0. The summed E-state index contributed by atoms with van der Waals surface area (Å²) in [6.45, 7) is 11.9. The lowest BCUT2D eigenvalue weighted by molar-refractivity contribution is -0.131. The zero-order chi connectivity index (χ0) is 17.0. The molecule has 4 atom stereocenters. The molecule has 0 radical (unpaired) electrons. The van der Waals surface area contributed by atoms with E-state index >= 15 is 0 Å². The monoisotopic (exact) mass is 332 g/mol. The Morgan fingerprint density at radius 3 is 2.48 bits per heavy atom. The molecule has 23 heavy (non-hydrogen) atoms. The van der Waals surface area contributed by atoms with Crippen molar-refractivity contribution < 1.29 is 9.59 Å². The maximum atomic E-state index is 12.3. The molecule has 0 aromatic carbocycles. The highest BCUT2D eigenvalue weighted by Crippen LogP contribution is 2.64. The summed E-state index contributed by atoms with van der Waals surface area (Å²) in [5, 5.41) is 0. The molecular formula is C20H32O2Si. The molecule has 3 rings (SSSR count). The van der Waals surface area contributed by atoms with Crippen molar-refractivity contribution in [2.45, 2.75) is 78.1 Å². The molecule has 3 aliphatic rings. The number of fused-ring (bicyclic) bond motifs is 3. The van der Waals surface area contributed by atoms with Crippen molar-refractivity contribution in [1.29, 1.82) is 0 Å². The van der Waals surface area contributed by atoms with Gasteiger partial charge in [-0.25, -0.2) is 0 Å². The molecule has 0 heterocycles. The number of Topliss-reactive ketones (excluding diaryl/α,β-unsaturated/α-hetero) is 1. The Labute approximate surface area is 142 Å². The smallest absolute Gasteiger partial charge is 0.155 e. The van der Waals surface area contributed by atoms with Crippen LogP contribution in [0.1, 0.15) is 52.4 Å². The Kier molecular flexibility index (Phi) is 4.02. The van der Waals surface area contributed by atoms with E-state index in [1.54, 1.807) is 0 Å². The Hall–Kier alpha value is -0.703. The maximum Gasteiger partial charge on any atom is 0.155 e. The van der Waals surface area contributed by atoms with Crippen LogP contribution in [0.15, 0.2) is 11.6 Å². The van der Waals surface area contributed by atoms with Crippen LogP contribution in [0.25, 0.3) is 0 Å². The van der Waals surface area contributed by atoms with Gasteiger partial charge in [-0.05, 0) is 54.6 Å². The third-order valence-corrected chi connectivity index (χ3v) is 8.70. The van der Waals surface area contributed by atoms with Gasteiger partial charge in [0.05, 0.1) is 0 Å². The highest BCUT2D eigenvalue weighted by Gasteiger charge is 2.57. The summed E-state index contributed by atoms with van der Waals surface area (Å²) in [6, 6.07) is 1.30. The first kappa shape index (κ1) is 17.1. The van der Waals surface area contributed by atoms with Gasteiger partial charge in [0.15, 0.2) is 5.78 Å². The summed E-state index contributed by atoms with van der Waals surface area (Å²) in [6.07, 6.45) is 7.80. The molecule has 2 fully saturated rings. The number of carbonyl (C=O) groups excluding carboxylic acids is 2. The summed E-state index contributed by atoms with van der Waals surface area (Å²) in [4.78, 5) is 24.5. The molecule has 0 N–H and O–H groups in total. The highest BCUT2D eigenvalue weighted by molar-refractivity contribution is 6.76. The second-order valence-corrected chi connectivity index (χ2v) is 15.3. The number of allylic oxidation sites excluding steroid dienone is 2. The third kappa shape index (κ3) is 2.79. The molecule has 0 amide bonds. The van der Waals surface area contributed by atoms with Gasteiger partial charge < -0.3 is 0 Å². The van der Waals surface area contributed by atoms with Crippen LogP contribution >= 0.6 is 0 Å². The van der Waals surface area contributed by atoms with Crippen LogP contribution < -0.4 is 0 Å². The molecule has 0 saturated heterocycles. The van der Waals surface area contributed by atoms with E-state index in [0.717, 1.165) is 19.3 Å². The third-order valence-electron chi connectivity index (χ3n) is 6.97. The van der Waals surface area contributed by atoms with Crippen LogP contribution in [0.3, 0.4) is 0 Å². The van der Waals surface area contributed by atoms with Crippen LogP contribution in [-0.4, -0.2) is 19.6 Å². The van der Waals surface area contributed by atoms with Gasteiger partial charge in [0.2, 0.25) is 0 Å². The van der Waals surface area contributed by atoms with Gasteiger partial charge in [-0.2, -0.15) is 0 Å². The standard InChI is InChI=1S/C20H32O2Si/c1-14-16-7-11-20(13-23(3,4)5)10-6-15(21)12-18(20)19(16,2)9-8-17(14)22/h12,14,16H,6-11,13H2,1-5H3/t14-,16+,19+,20-/m1/s1. The minimum absolute atomic E-state index is 0.0707. The van der Waals surface area contributed by atoms with Crippen molar-refractivity contribution in [3.63, 3.8) is 0 Å². The van der Waals surface area contributed by atoms with Crippen LogP contribution in [0.4, 0.5) is 0 Å². The number of carbonyl (C=O) groups is 2. The Balaban J connectivity index is 2.06. The molecule has 0 aromatic rings.